The number of hydrogen-bond acceptors (Lipinski definition) is 4. The van der Waals surface area contributed by atoms with E-state index >= 15 is 0 Å². The molecule has 1 fully saturated rings. The van der Waals surface area contributed by atoms with Crippen LogP contribution in [0.15, 0.2) is 17.3 Å². The van der Waals surface area contributed by atoms with Crippen LogP contribution in [0.25, 0.3) is 0 Å². The lowest BCUT2D eigenvalue weighted by Gasteiger charge is -2.39. The molecule has 2 heterocycles. The molecule has 2 unspecified atom stereocenters. The quantitative estimate of drug-likeness (QED) is 0.734. The lowest BCUT2D eigenvalue weighted by atomic mass is 10.1. The van der Waals surface area contributed by atoms with Crippen molar-refractivity contribution in [2.45, 2.75) is 38.6 Å². The number of aliphatic imine (C=N–C) groups is 1. The van der Waals surface area contributed by atoms with Crippen molar-refractivity contribution in [1.29, 1.82) is 0 Å². The van der Waals surface area contributed by atoms with Gasteiger partial charge in [0.25, 0.3) is 6.42 Å². The minimum Gasteiger partial charge on any atom is -0.326 e. The highest BCUT2D eigenvalue weighted by Crippen LogP contribution is 2.23. The van der Waals surface area contributed by atoms with Crippen molar-refractivity contribution in [1.82, 2.24) is 9.21 Å². The second kappa shape index (κ2) is 6.00. The van der Waals surface area contributed by atoms with Crippen molar-refractivity contribution in [3.63, 3.8) is 0 Å². The zero-order chi connectivity index (χ0) is 13.9. The summed E-state index contributed by atoms with van der Waals surface area (Å²) < 4.78 is 39.3. The first-order valence-electron chi connectivity index (χ1n) is 6.64. The van der Waals surface area contributed by atoms with Crippen LogP contribution in [0.2, 0.25) is 0 Å². The van der Waals surface area contributed by atoms with E-state index in [1.54, 1.807) is 12.3 Å². The maximum Gasteiger partial charge on any atom is 0.266 e. The number of piperidine rings is 1. The Morgan fingerprint density at radius 1 is 1.47 bits per heavy atom. The lowest BCUT2D eigenvalue weighted by Crippen LogP contribution is -2.50. The first kappa shape index (κ1) is 14.5. The molecule has 0 aromatic heterocycles. The second-order valence-electron chi connectivity index (χ2n) is 4.87. The number of alkyl halides is 1. The van der Waals surface area contributed by atoms with Gasteiger partial charge in [0.15, 0.2) is 0 Å². The molecule has 19 heavy (non-hydrogen) atoms. The predicted molar refractivity (Wildman–Crippen MR) is 73.0 cm³/mol. The van der Waals surface area contributed by atoms with Gasteiger partial charge in [-0.2, -0.15) is 8.70 Å². The monoisotopic (exact) mass is 289 g/mol. The fourth-order valence-electron chi connectivity index (χ4n) is 2.51. The van der Waals surface area contributed by atoms with Crippen LogP contribution in [0.1, 0.15) is 26.2 Å². The molecule has 108 valence electrons. The van der Waals surface area contributed by atoms with E-state index in [-0.39, 0.29) is 11.8 Å². The maximum atomic E-state index is 13.7. The van der Waals surface area contributed by atoms with Gasteiger partial charge in [-0.1, -0.05) is 6.92 Å². The van der Waals surface area contributed by atoms with Crippen LogP contribution in [0.3, 0.4) is 0 Å². The van der Waals surface area contributed by atoms with Crippen molar-refractivity contribution in [3.8, 4) is 0 Å². The van der Waals surface area contributed by atoms with E-state index in [9.17, 15) is 12.8 Å². The standard InChI is InChI=1S/C12H20FN3O2S/c1-2-9-19(17,18)15-7-3-5-11(10-15)16-8-4-6-14-12(16)13/h4,6,8,11-12H,2-3,5,7,9-10H2,1H3. The number of halogens is 1. The zero-order valence-corrected chi connectivity index (χ0v) is 11.9. The van der Waals surface area contributed by atoms with Crippen molar-refractivity contribution < 1.29 is 12.8 Å². The van der Waals surface area contributed by atoms with Gasteiger partial charge in [-0.25, -0.2) is 13.4 Å². The normalized spacial score (nSPS) is 28.8. The van der Waals surface area contributed by atoms with Crippen LogP contribution in [-0.2, 0) is 10.0 Å². The minimum atomic E-state index is -3.20. The third-order valence-corrected chi connectivity index (χ3v) is 5.48. The Hall–Kier alpha value is -0.950. The molecule has 0 aromatic carbocycles. The molecular formula is C12H20FN3O2S. The molecule has 7 heteroatoms. The Labute approximate surface area is 113 Å². The zero-order valence-electron chi connectivity index (χ0n) is 11.1. The van der Waals surface area contributed by atoms with Gasteiger partial charge in [0.05, 0.1) is 5.75 Å². The number of rotatable bonds is 4. The summed E-state index contributed by atoms with van der Waals surface area (Å²) in [5.41, 5.74) is 0. The van der Waals surface area contributed by atoms with E-state index < -0.39 is 16.4 Å². The average Bonchev–Trinajstić information content (AvgIpc) is 2.39. The Balaban J connectivity index is 2.05. The molecule has 2 rings (SSSR count). The Morgan fingerprint density at radius 3 is 2.95 bits per heavy atom. The molecule has 2 aliphatic heterocycles. The Morgan fingerprint density at radius 2 is 2.26 bits per heavy atom. The molecule has 0 saturated carbocycles. The van der Waals surface area contributed by atoms with Crippen LogP contribution in [0.4, 0.5) is 4.39 Å². The van der Waals surface area contributed by atoms with E-state index in [0.29, 0.717) is 19.5 Å². The highest BCUT2D eigenvalue weighted by Gasteiger charge is 2.33. The first-order valence-corrected chi connectivity index (χ1v) is 8.25. The molecular weight excluding hydrogens is 269 g/mol. The molecule has 0 radical (unpaired) electrons. The molecule has 0 spiro atoms. The van der Waals surface area contributed by atoms with Crippen LogP contribution in [0, 0.1) is 0 Å². The molecule has 5 nitrogen and oxygen atoms in total. The van der Waals surface area contributed by atoms with E-state index in [1.165, 1.54) is 15.4 Å². The number of sulfonamides is 1. The summed E-state index contributed by atoms with van der Waals surface area (Å²) in [6.07, 6.45) is 5.50. The van der Waals surface area contributed by atoms with Gasteiger partial charge in [0, 0.05) is 31.5 Å². The topological polar surface area (TPSA) is 53.0 Å². The van der Waals surface area contributed by atoms with E-state index in [4.69, 9.17) is 0 Å². The largest absolute Gasteiger partial charge is 0.326 e. The number of allylic oxidation sites excluding steroid dienone is 1. The SMILES string of the molecule is CCCS(=O)(=O)N1CCCC(N2C=CC=NC2F)C1. The van der Waals surface area contributed by atoms with Gasteiger partial charge in [-0.3, -0.25) is 0 Å². The molecule has 2 aliphatic rings. The molecule has 0 aliphatic carbocycles. The van der Waals surface area contributed by atoms with Crippen LogP contribution < -0.4 is 0 Å². The second-order valence-corrected chi connectivity index (χ2v) is 6.96. The molecule has 1 saturated heterocycles. The summed E-state index contributed by atoms with van der Waals surface area (Å²) in [7, 11) is -3.20. The first-order chi connectivity index (χ1) is 9.04. The van der Waals surface area contributed by atoms with Gasteiger partial charge in [-0.15, -0.1) is 0 Å². The van der Waals surface area contributed by atoms with E-state index in [2.05, 4.69) is 4.99 Å². The Kier molecular flexibility index (Phi) is 4.57. The summed E-state index contributed by atoms with van der Waals surface area (Å²) in [5, 5.41) is 0. The van der Waals surface area contributed by atoms with Crippen LogP contribution in [-0.4, -0.2) is 55.1 Å². The molecule has 0 aromatic rings. The van der Waals surface area contributed by atoms with Gasteiger partial charge in [-0.05, 0) is 25.3 Å². The maximum absolute atomic E-state index is 13.7. The minimum absolute atomic E-state index is 0.135. The van der Waals surface area contributed by atoms with E-state index in [1.807, 2.05) is 6.92 Å². The summed E-state index contributed by atoms with van der Waals surface area (Å²) in [6.45, 7) is 2.73. The van der Waals surface area contributed by atoms with Gasteiger partial charge in [0.2, 0.25) is 10.0 Å². The fourth-order valence-corrected chi connectivity index (χ4v) is 4.09. The summed E-state index contributed by atoms with van der Waals surface area (Å²) >= 11 is 0. The smallest absolute Gasteiger partial charge is 0.266 e. The fraction of sp³-hybridized carbons (Fsp3) is 0.750. The van der Waals surface area contributed by atoms with Crippen molar-refractivity contribution >= 4 is 16.2 Å². The van der Waals surface area contributed by atoms with Crippen molar-refractivity contribution in [2.75, 3.05) is 18.8 Å². The summed E-state index contributed by atoms with van der Waals surface area (Å²) in [6, 6.07) is -0.135. The highest BCUT2D eigenvalue weighted by molar-refractivity contribution is 7.89. The number of nitrogens with zero attached hydrogens (tertiary/aromatic N) is 3. The summed E-state index contributed by atoms with van der Waals surface area (Å²) in [4.78, 5) is 5.20. The lowest BCUT2D eigenvalue weighted by molar-refractivity contribution is 0.0678. The molecule has 0 amide bonds. The van der Waals surface area contributed by atoms with Crippen molar-refractivity contribution in [3.05, 3.63) is 12.3 Å². The van der Waals surface area contributed by atoms with Crippen LogP contribution in [0.5, 0.6) is 0 Å². The van der Waals surface area contributed by atoms with Crippen LogP contribution >= 0.6 is 0 Å². The van der Waals surface area contributed by atoms with E-state index in [0.717, 1.165) is 12.8 Å². The van der Waals surface area contributed by atoms with Gasteiger partial charge < -0.3 is 4.90 Å². The number of hydrogen-bond donors (Lipinski definition) is 0. The molecule has 0 N–H and O–H groups in total. The molecule has 0 bridgehead atoms. The average molecular weight is 289 g/mol. The summed E-state index contributed by atoms with van der Waals surface area (Å²) in [5.74, 6) is 0.159. The highest BCUT2D eigenvalue weighted by atomic mass is 32.2. The predicted octanol–water partition coefficient (Wildman–Crippen LogP) is 1.34. The Bertz CT molecular complexity index is 464. The molecule has 2 atom stereocenters. The third kappa shape index (κ3) is 3.33. The van der Waals surface area contributed by atoms with Gasteiger partial charge >= 0.3 is 0 Å². The third-order valence-electron chi connectivity index (χ3n) is 3.44. The van der Waals surface area contributed by atoms with Crippen molar-refractivity contribution in [2.24, 2.45) is 4.99 Å². The van der Waals surface area contributed by atoms with Gasteiger partial charge in [0.1, 0.15) is 0 Å².